The number of nitrogens with zero attached hydrogens (tertiary/aromatic N) is 2. The number of benzene rings is 2. The van der Waals surface area contributed by atoms with E-state index in [2.05, 4.69) is 78.2 Å². The van der Waals surface area contributed by atoms with Crippen LogP contribution in [0.3, 0.4) is 0 Å². The molecule has 0 saturated heterocycles. The molecule has 1 aliphatic carbocycles. The van der Waals surface area contributed by atoms with Crippen molar-refractivity contribution >= 4 is 5.71 Å². The van der Waals surface area contributed by atoms with E-state index in [1.807, 2.05) is 12.1 Å². The molecule has 0 bridgehead atoms. The molecule has 0 spiro atoms. The van der Waals surface area contributed by atoms with Crippen LogP contribution in [0.1, 0.15) is 31.5 Å². The van der Waals surface area contributed by atoms with Gasteiger partial charge in [0.2, 0.25) is 0 Å². The second-order valence-corrected chi connectivity index (χ2v) is 7.49. The van der Waals surface area contributed by atoms with Crippen LogP contribution in [-0.2, 0) is 6.42 Å². The fraction of sp³-hybridized carbons (Fsp3) is 0.227. The van der Waals surface area contributed by atoms with Crippen LogP contribution >= 0.6 is 0 Å². The van der Waals surface area contributed by atoms with Gasteiger partial charge in [-0.1, -0.05) is 67.5 Å². The standard InChI is InChI=1S/C22H22N2O/c1-22(2)14-19(23-25)18-13-20(16-9-5-3-6-10-16)24(21(18)15-22)17-11-7-4-8-12-17/h3-13,25H,14-15H2,1-2H3/b23-19-. The average Bonchev–Trinajstić information content (AvgIpc) is 3.00. The van der Waals surface area contributed by atoms with E-state index in [4.69, 9.17) is 0 Å². The van der Waals surface area contributed by atoms with Crippen molar-refractivity contribution in [1.82, 2.24) is 4.57 Å². The van der Waals surface area contributed by atoms with Gasteiger partial charge in [-0.3, -0.25) is 0 Å². The van der Waals surface area contributed by atoms with Crippen molar-refractivity contribution in [2.45, 2.75) is 26.7 Å². The number of para-hydroxylation sites is 1. The van der Waals surface area contributed by atoms with Gasteiger partial charge in [0.05, 0.1) is 11.4 Å². The summed E-state index contributed by atoms with van der Waals surface area (Å²) in [6, 6.07) is 23.0. The van der Waals surface area contributed by atoms with E-state index in [0.29, 0.717) is 0 Å². The van der Waals surface area contributed by atoms with Crippen LogP contribution in [0.25, 0.3) is 16.9 Å². The zero-order chi connectivity index (χ0) is 17.4. The molecule has 3 aromatic rings. The molecule has 0 unspecified atom stereocenters. The highest BCUT2D eigenvalue weighted by Crippen LogP contribution is 2.40. The normalized spacial score (nSPS) is 17.4. The van der Waals surface area contributed by atoms with E-state index >= 15 is 0 Å². The van der Waals surface area contributed by atoms with E-state index in [1.54, 1.807) is 0 Å². The van der Waals surface area contributed by atoms with Crippen LogP contribution in [-0.4, -0.2) is 15.5 Å². The maximum Gasteiger partial charge on any atom is 0.0891 e. The SMILES string of the molecule is CC1(C)C/C(=N/O)c2cc(-c3ccccc3)n(-c3ccccc3)c2C1. The lowest BCUT2D eigenvalue weighted by Crippen LogP contribution is -2.28. The fourth-order valence-electron chi connectivity index (χ4n) is 3.82. The van der Waals surface area contributed by atoms with Gasteiger partial charge in [0, 0.05) is 16.9 Å². The molecular formula is C22H22N2O. The first-order valence-electron chi connectivity index (χ1n) is 8.66. The number of hydrogen-bond acceptors (Lipinski definition) is 2. The largest absolute Gasteiger partial charge is 0.411 e. The Morgan fingerprint density at radius 1 is 0.920 bits per heavy atom. The number of hydrogen-bond donors (Lipinski definition) is 1. The monoisotopic (exact) mass is 330 g/mol. The molecule has 0 radical (unpaired) electrons. The Balaban J connectivity index is 2.02. The second-order valence-electron chi connectivity index (χ2n) is 7.49. The Hall–Kier alpha value is -2.81. The topological polar surface area (TPSA) is 37.5 Å². The molecule has 0 aliphatic heterocycles. The number of oxime groups is 1. The molecule has 25 heavy (non-hydrogen) atoms. The maximum absolute atomic E-state index is 9.59. The van der Waals surface area contributed by atoms with Crippen molar-refractivity contribution < 1.29 is 5.21 Å². The van der Waals surface area contributed by atoms with Gasteiger partial charge in [-0.25, -0.2) is 0 Å². The highest BCUT2D eigenvalue weighted by atomic mass is 16.4. The third-order valence-electron chi connectivity index (χ3n) is 4.91. The summed E-state index contributed by atoms with van der Waals surface area (Å²) in [6.07, 6.45) is 1.73. The molecule has 0 saturated carbocycles. The Morgan fingerprint density at radius 2 is 1.56 bits per heavy atom. The minimum atomic E-state index is 0.0629. The summed E-state index contributed by atoms with van der Waals surface area (Å²) >= 11 is 0. The van der Waals surface area contributed by atoms with E-state index in [-0.39, 0.29) is 5.41 Å². The maximum atomic E-state index is 9.59. The van der Waals surface area contributed by atoms with Gasteiger partial charge >= 0.3 is 0 Å². The summed E-state index contributed by atoms with van der Waals surface area (Å²) in [5.74, 6) is 0. The lowest BCUT2D eigenvalue weighted by molar-refractivity contribution is 0.305. The highest BCUT2D eigenvalue weighted by molar-refractivity contribution is 6.04. The molecule has 126 valence electrons. The quantitative estimate of drug-likeness (QED) is 0.503. The van der Waals surface area contributed by atoms with Crippen molar-refractivity contribution in [1.29, 1.82) is 0 Å². The van der Waals surface area contributed by atoms with Crippen LogP contribution in [0.2, 0.25) is 0 Å². The molecule has 0 amide bonds. The zero-order valence-electron chi connectivity index (χ0n) is 14.6. The predicted octanol–water partition coefficient (Wildman–Crippen LogP) is 5.30. The van der Waals surface area contributed by atoms with E-state index in [1.165, 1.54) is 5.69 Å². The third kappa shape index (κ3) is 2.76. The fourth-order valence-corrected chi connectivity index (χ4v) is 3.82. The van der Waals surface area contributed by atoms with Crippen molar-refractivity contribution in [2.24, 2.45) is 10.6 Å². The van der Waals surface area contributed by atoms with Crippen molar-refractivity contribution in [3.8, 4) is 16.9 Å². The summed E-state index contributed by atoms with van der Waals surface area (Å²) in [5, 5.41) is 13.2. The number of rotatable bonds is 2. The molecule has 4 rings (SSSR count). The third-order valence-corrected chi connectivity index (χ3v) is 4.91. The minimum absolute atomic E-state index is 0.0629. The number of aromatic nitrogens is 1. The predicted molar refractivity (Wildman–Crippen MR) is 102 cm³/mol. The molecule has 3 nitrogen and oxygen atoms in total. The van der Waals surface area contributed by atoms with E-state index < -0.39 is 0 Å². The Labute approximate surface area is 148 Å². The summed E-state index contributed by atoms with van der Waals surface area (Å²) in [4.78, 5) is 0. The Bertz CT molecular complexity index is 921. The first-order chi connectivity index (χ1) is 12.1. The summed E-state index contributed by atoms with van der Waals surface area (Å²) < 4.78 is 2.32. The van der Waals surface area contributed by atoms with Crippen molar-refractivity contribution in [2.75, 3.05) is 0 Å². The molecule has 2 aromatic carbocycles. The summed E-state index contributed by atoms with van der Waals surface area (Å²) in [5.41, 5.74) is 6.55. The Kier molecular flexibility index (Phi) is 3.72. The lowest BCUT2D eigenvalue weighted by Gasteiger charge is -2.31. The highest BCUT2D eigenvalue weighted by Gasteiger charge is 2.34. The van der Waals surface area contributed by atoms with Crippen LogP contribution in [0.15, 0.2) is 71.9 Å². The lowest BCUT2D eigenvalue weighted by atomic mass is 9.76. The molecule has 0 fully saturated rings. The van der Waals surface area contributed by atoms with E-state index in [0.717, 1.165) is 41.1 Å². The number of fused-ring (bicyclic) bond motifs is 1. The second kappa shape index (κ2) is 5.92. The van der Waals surface area contributed by atoms with E-state index in [9.17, 15) is 5.21 Å². The minimum Gasteiger partial charge on any atom is -0.411 e. The first-order valence-corrected chi connectivity index (χ1v) is 8.66. The average molecular weight is 330 g/mol. The van der Waals surface area contributed by atoms with Gasteiger partial charge in [0.15, 0.2) is 0 Å². The van der Waals surface area contributed by atoms with Gasteiger partial charge in [-0.2, -0.15) is 0 Å². The van der Waals surface area contributed by atoms with Crippen LogP contribution in [0.4, 0.5) is 0 Å². The first kappa shape index (κ1) is 15.7. The van der Waals surface area contributed by atoms with Gasteiger partial charge in [-0.15, -0.1) is 0 Å². The van der Waals surface area contributed by atoms with Crippen LogP contribution < -0.4 is 0 Å². The molecule has 1 heterocycles. The molecule has 0 atom stereocenters. The van der Waals surface area contributed by atoms with Crippen LogP contribution in [0.5, 0.6) is 0 Å². The molecular weight excluding hydrogens is 308 g/mol. The molecule has 1 aromatic heterocycles. The molecule has 1 N–H and O–H groups in total. The van der Waals surface area contributed by atoms with Gasteiger partial charge < -0.3 is 9.77 Å². The smallest absolute Gasteiger partial charge is 0.0891 e. The summed E-state index contributed by atoms with van der Waals surface area (Å²) in [7, 11) is 0. The van der Waals surface area contributed by atoms with Gasteiger partial charge in [0.1, 0.15) is 0 Å². The zero-order valence-corrected chi connectivity index (χ0v) is 14.6. The Morgan fingerprint density at radius 3 is 2.20 bits per heavy atom. The van der Waals surface area contributed by atoms with Gasteiger partial charge in [-0.05, 0) is 42.0 Å². The van der Waals surface area contributed by atoms with Gasteiger partial charge in [0.25, 0.3) is 0 Å². The molecule has 3 heteroatoms. The van der Waals surface area contributed by atoms with Crippen LogP contribution in [0, 0.1) is 5.41 Å². The molecule has 1 aliphatic rings. The van der Waals surface area contributed by atoms with Crippen molar-refractivity contribution in [3.63, 3.8) is 0 Å². The van der Waals surface area contributed by atoms with Crippen molar-refractivity contribution in [3.05, 3.63) is 78.0 Å². The summed E-state index contributed by atoms with van der Waals surface area (Å²) in [6.45, 7) is 4.46.